The maximum Gasteiger partial charge on any atom is 0.135 e. The van der Waals surface area contributed by atoms with E-state index in [2.05, 4.69) is 15.3 Å². The first-order valence-electron chi connectivity index (χ1n) is 7.03. The summed E-state index contributed by atoms with van der Waals surface area (Å²) < 4.78 is 15.5. The number of nitrogens with zero attached hydrogens (tertiary/aromatic N) is 4. The highest BCUT2D eigenvalue weighted by Gasteiger charge is 2.19. The number of imidazole rings is 1. The lowest BCUT2D eigenvalue weighted by molar-refractivity contribution is 0.622. The van der Waals surface area contributed by atoms with Crippen molar-refractivity contribution >= 4 is 5.82 Å². The van der Waals surface area contributed by atoms with Crippen LogP contribution in [0.2, 0.25) is 0 Å². The molecule has 0 amide bonds. The zero-order chi connectivity index (χ0) is 16.2. The van der Waals surface area contributed by atoms with E-state index >= 15 is 0 Å². The zero-order valence-corrected chi connectivity index (χ0v) is 12.4. The van der Waals surface area contributed by atoms with Crippen LogP contribution in [0.5, 0.6) is 0 Å². The van der Waals surface area contributed by atoms with Crippen LogP contribution in [0.3, 0.4) is 0 Å². The molecule has 0 saturated carbocycles. The summed E-state index contributed by atoms with van der Waals surface area (Å²) in [6, 6.07) is 11.4. The van der Waals surface area contributed by atoms with Gasteiger partial charge in [-0.15, -0.1) is 0 Å². The van der Waals surface area contributed by atoms with Gasteiger partial charge in [0.15, 0.2) is 0 Å². The zero-order valence-electron chi connectivity index (χ0n) is 12.4. The van der Waals surface area contributed by atoms with Crippen molar-refractivity contribution in [2.24, 2.45) is 7.05 Å². The number of nitriles is 1. The van der Waals surface area contributed by atoms with E-state index in [1.807, 2.05) is 29.9 Å². The van der Waals surface area contributed by atoms with Crippen molar-refractivity contribution in [2.75, 3.05) is 5.32 Å². The molecule has 114 valence electrons. The smallest absolute Gasteiger partial charge is 0.135 e. The second kappa shape index (κ2) is 6.28. The predicted octanol–water partition coefficient (Wildman–Crippen LogP) is 3.03. The van der Waals surface area contributed by atoms with Gasteiger partial charge in [0, 0.05) is 25.6 Å². The molecule has 0 aliphatic heterocycles. The van der Waals surface area contributed by atoms with Gasteiger partial charge in [-0.25, -0.2) is 14.4 Å². The third-order valence-corrected chi connectivity index (χ3v) is 3.48. The van der Waals surface area contributed by atoms with Gasteiger partial charge in [0.2, 0.25) is 0 Å². The summed E-state index contributed by atoms with van der Waals surface area (Å²) in [5.74, 6) is 1.01. The van der Waals surface area contributed by atoms with E-state index in [0.717, 1.165) is 11.4 Å². The largest absolute Gasteiger partial charge is 0.356 e. The molecule has 3 aromatic rings. The number of aromatic nitrogens is 3. The van der Waals surface area contributed by atoms with Crippen molar-refractivity contribution in [3.63, 3.8) is 0 Å². The van der Waals surface area contributed by atoms with Crippen LogP contribution in [0.1, 0.15) is 23.0 Å². The van der Waals surface area contributed by atoms with Gasteiger partial charge >= 0.3 is 0 Å². The van der Waals surface area contributed by atoms with Crippen LogP contribution in [0, 0.1) is 17.1 Å². The summed E-state index contributed by atoms with van der Waals surface area (Å²) in [6.45, 7) is 0. The first kappa shape index (κ1) is 14.7. The molecule has 1 atom stereocenters. The van der Waals surface area contributed by atoms with Gasteiger partial charge in [-0.1, -0.05) is 12.1 Å². The number of halogens is 1. The van der Waals surface area contributed by atoms with Crippen LogP contribution in [0.25, 0.3) is 0 Å². The molecule has 6 heteroatoms. The van der Waals surface area contributed by atoms with Crippen LogP contribution in [-0.4, -0.2) is 14.5 Å². The molecule has 23 heavy (non-hydrogen) atoms. The van der Waals surface area contributed by atoms with E-state index in [1.54, 1.807) is 24.4 Å². The minimum atomic E-state index is -0.355. The SMILES string of the molecule is Cn1ccnc1[C@H](Nc1ccc(C#N)cn1)c1cccc(F)c1. The van der Waals surface area contributed by atoms with Crippen LogP contribution < -0.4 is 5.32 Å². The molecule has 2 heterocycles. The molecule has 0 aliphatic carbocycles. The number of pyridine rings is 1. The third kappa shape index (κ3) is 3.19. The van der Waals surface area contributed by atoms with Crippen molar-refractivity contribution in [1.29, 1.82) is 5.26 Å². The Kier molecular flexibility index (Phi) is 4.02. The van der Waals surface area contributed by atoms with Gasteiger partial charge < -0.3 is 9.88 Å². The van der Waals surface area contributed by atoms with Gasteiger partial charge in [-0.3, -0.25) is 0 Å². The molecule has 0 bridgehead atoms. The van der Waals surface area contributed by atoms with E-state index in [4.69, 9.17) is 5.26 Å². The van der Waals surface area contributed by atoms with Crippen molar-refractivity contribution in [1.82, 2.24) is 14.5 Å². The number of nitrogens with one attached hydrogen (secondary N) is 1. The van der Waals surface area contributed by atoms with Crippen molar-refractivity contribution in [3.8, 4) is 6.07 Å². The van der Waals surface area contributed by atoms with Gasteiger partial charge in [-0.2, -0.15) is 5.26 Å². The highest BCUT2D eigenvalue weighted by Crippen LogP contribution is 2.25. The Morgan fingerprint density at radius 2 is 2.13 bits per heavy atom. The fourth-order valence-corrected chi connectivity index (χ4v) is 2.33. The van der Waals surface area contributed by atoms with E-state index in [1.165, 1.54) is 18.3 Å². The Morgan fingerprint density at radius 3 is 2.74 bits per heavy atom. The number of rotatable bonds is 4. The van der Waals surface area contributed by atoms with E-state index in [-0.39, 0.29) is 11.9 Å². The standard InChI is InChI=1S/C17H14FN5/c1-23-8-7-20-17(23)16(13-3-2-4-14(18)9-13)22-15-6-5-12(10-19)11-21-15/h2-9,11,16H,1H3,(H,21,22)/t16-/m1/s1. The van der Waals surface area contributed by atoms with Crippen LogP contribution in [-0.2, 0) is 7.05 Å². The van der Waals surface area contributed by atoms with Gasteiger partial charge in [-0.05, 0) is 29.8 Å². The molecule has 0 fully saturated rings. The second-order valence-corrected chi connectivity index (χ2v) is 5.07. The number of hydrogen-bond acceptors (Lipinski definition) is 4. The molecule has 0 radical (unpaired) electrons. The monoisotopic (exact) mass is 307 g/mol. The number of hydrogen-bond donors (Lipinski definition) is 1. The van der Waals surface area contributed by atoms with Gasteiger partial charge in [0.1, 0.15) is 29.6 Å². The third-order valence-electron chi connectivity index (χ3n) is 3.48. The molecule has 1 N–H and O–H groups in total. The lowest BCUT2D eigenvalue weighted by atomic mass is 10.1. The molecule has 0 unspecified atom stereocenters. The van der Waals surface area contributed by atoms with E-state index < -0.39 is 0 Å². The summed E-state index contributed by atoms with van der Waals surface area (Å²) in [5, 5.41) is 12.1. The molecule has 2 aromatic heterocycles. The van der Waals surface area contributed by atoms with Gasteiger partial charge in [0.05, 0.1) is 5.56 Å². The maximum absolute atomic E-state index is 13.6. The topological polar surface area (TPSA) is 66.5 Å². The van der Waals surface area contributed by atoms with E-state index in [9.17, 15) is 4.39 Å². The molecule has 0 aliphatic rings. The number of benzene rings is 1. The Labute approximate surface area is 133 Å². The van der Waals surface area contributed by atoms with E-state index in [0.29, 0.717) is 11.4 Å². The average molecular weight is 307 g/mol. The summed E-state index contributed by atoms with van der Waals surface area (Å²) in [6.07, 6.45) is 5.01. The maximum atomic E-state index is 13.6. The van der Waals surface area contributed by atoms with Crippen molar-refractivity contribution in [3.05, 3.63) is 77.8 Å². The first-order valence-corrected chi connectivity index (χ1v) is 7.03. The highest BCUT2D eigenvalue weighted by molar-refractivity contribution is 5.44. The lowest BCUT2D eigenvalue weighted by Crippen LogP contribution is -2.17. The Morgan fingerprint density at radius 1 is 1.26 bits per heavy atom. The molecular weight excluding hydrogens is 293 g/mol. The fourth-order valence-electron chi connectivity index (χ4n) is 2.33. The lowest BCUT2D eigenvalue weighted by Gasteiger charge is -2.19. The molecule has 1 aromatic carbocycles. The highest BCUT2D eigenvalue weighted by atomic mass is 19.1. The second-order valence-electron chi connectivity index (χ2n) is 5.07. The van der Waals surface area contributed by atoms with Gasteiger partial charge in [0.25, 0.3) is 0 Å². The minimum Gasteiger partial charge on any atom is -0.356 e. The Balaban J connectivity index is 1.98. The molecule has 0 saturated heterocycles. The predicted molar refractivity (Wildman–Crippen MR) is 84.0 cm³/mol. The molecule has 3 rings (SSSR count). The summed E-state index contributed by atoms with van der Waals surface area (Å²) in [7, 11) is 1.88. The van der Waals surface area contributed by atoms with Crippen LogP contribution in [0.15, 0.2) is 55.0 Å². The number of anilines is 1. The summed E-state index contributed by atoms with van der Waals surface area (Å²) >= 11 is 0. The summed E-state index contributed by atoms with van der Waals surface area (Å²) in [5.41, 5.74) is 1.22. The minimum absolute atomic E-state index is 0.309. The van der Waals surface area contributed by atoms with Crippen molar-refractivity contribution < 1.29 is 4.39 Å². The number of aryl methyl sites for hydroxylation is 1. The Bertz CT molecular complexity index is 848. The quantitative estimate of drug-likeness (QED) is 0.804. The molecule has 5 nitrogen and oxygen atoms in total. The summed E-state index contributed by atoms with van der Waals surface area (Å²) in [4.78, 5) is 8.56. The fraction of sp³-hybridized carbons (Fsp3) is 0.118. The normalized spacial score (nSPS) is 11.7. The van der Waals surface area contributed by atoms with Crippen LogP contribution >= 0.6 is 0 Å². The average Bonchev–Trinajstić information content (AvgIpc) is 2.99. The Hall–Kier alpha value is -3.20. The molecule has 0 spiro atoms. The first-order chi connectivity index (χ1) is 11.2. The van der Waals surface area contributed by atoms with Crippen LogP contribution in [0.4, 0.5) is 10.2 Å². The van der Waals surface area contributed by atoms with Crippen molar-refractivity contribution in [2.45, 2.75) is 6.04 Å². The molecular formula is C17H14FN5.